The number of halogens is 3. The molecule has 3 aromatic rings. The topological polar surface area (TPSA) is 74.5 Å². The molecule has 0 saturated carbocycles. The smallest absolute Gasteiger partial charge is 0.374 e. The van der Waals surface area contributed by atoms with E-state index in [0.717, 1.165) is 16.8 Å². The van der Waals surface area contributed by atoms with Crippen molar-refractivity contribution in [3.8, 4) is 0 Å². The normalized spacial score (nSPS) is 14.1. The highest BCUT2D eigenvalue weighted by atomic mass is 19.4. The highest BCUT2D eigenvalue weighted by molar-refractivity contribution is 5.93. The fourth-order valence-electron chi connectivity index (χ4n) is 3.17. The first kappa shape index (κ1) is 23.3. The van der Waals surface area contributed by atoms with Gasteiger partial charge in [-0.25, -0.2) is 9.98 Å². The zero-order valence-corrected chi connectivity index (χ0v) is 17.9. The van der Waals surface area contributed by atoms with E-state index in [1.807, 2.05) is 61.5 Å². The molecule has 2 aromatic carbocycles. The number of nitrogens with zero attached hydrogens (tertiary/aromatic N) is 3. The third-order valence-corrected chi connectivity index (χ3v) is 5.02. The standard InChI is InChI=1S/C23H26F3N5O/c1-17-8-10-18(11-9-17)16-29-21(30-19-6-4-3-5-7-19)28-13-12-22(32,23(24,25)26)20-27-14-15-31(20)2/h3-11,14-15,32H,12-13,16H2,1-2H3,(H2,28,29,30). The van der Waals surface area contributed by atoms with E-state index in [1.54, 1.807) is 0 Å². The van der Waals surface area contributed by atoms with Crippen LogP contribution in [0, 0.1) is 6.92 Å². The molecule has 170 valence electrons. The Morgan fingerprint density at radius 3 is 2.38 bits per heavy atom. The molecule has 0 aliphatic carbocycles. The first-order valence-corrected chi connectivity index (χ1v) is 10.1. The largest absolute Gasteiger partial charge is 0.424 e. The molecule has 0 spiro atoms. The zero-order chi connectivity index (χ0) is 23.2. The maximum absolute atomic E-state index is 13.7. The molecule has 0 aliphatic heterocycles. The Morgan fingerprint density at radius 2 is 1.78 bits per heavy atom. The number of alkyl halides is 3. The zero-order valence-electron chi connectivity index (χ0n) is 17.9. The van der Waals surface area contributed by atoms with Crippen LogP contribution < -0.4 is 10.6 Å². The van der Waals surface area contributed by atoms with Crippen LogP contribution in [0.5, 0.6) is 0 Å². The monoisotopic (exact) mass is 445 g/mol. The van der Waals surface area contributed by atoms with Gasteiger partial charge in [-0.05, 0) is 24.6 Å². The Hall–Kier alpha value is -3.33. The van der Waals surface area contributed by atoms with Gasteiger partial charge in [0.1, 0.15) is 5.82 Å². The van der Waals surface area contributed by atoms with Crippen molar-refractivity contribution in [2.45, 2.75) is 31.7 Å². The molecular weight excluding hydrogens is 419 g/mol. The van der Waals surface area contributed by atoms with Gasteiger partial charge in [-0.1, -0.05) is 48.0 Å². The fourth-order valence-corrected chi connectivity index (χ4v) is 3.17. The second-order valence-electron chi connectivity index (χ2n) is 7.54. The Labute approximate surface area is 184 Å². The molecule has 6 nitrogen and oxygen atoms in total. The summed E-state index contributed by atoms with van der Waals surface area (Å²) >= 11 is 0. The molecule has 0 aliphatic rings. The lowest BCUT2D eigenvalue weighted by Crippen LogP contribution is -2.47. The number of anilines is 1. The van der Waals surface area contributed by atoms with Crippen LogP contribution in [0.2, 0.25) is 0 Å². The van der Waals surface area contributed by atoms with E-state index in [9.17, 15) is 18.3 Å². The van der Waals surface area contributed by atoms with Crippen molar-refractivity contribution in [2.24, 2.45) is 12.0 Å². The minimum absolute atomic E-state index is 0.185. The van der Waals surface area contributed by atoms with Crippen LogP contribution in [0.4, 0.5) is 18.9 Å². The summed E-state index contributed by atoms with van der Waals surface area (Å²) in [6, 6.07) is 17.0. The van der Waals surface area contributed by atoms with E-state index >= 15 is 0 Å². The number of aromatic nitrogens is 2. The lowest BCUT2D eigenvalue weighted by Gasteiger charge is -2.30. The summed E-state index contributed by atoms with van der Waals surface area (Å²) in [4.78, 5) is 8.21. The lowest BCUT2D eigenvalue weighted by atomic mass is 9.97. The summed E-state index contributed by atoms with van der Waals surface area (Å²) in [5.41, 5.74) is -0.269. The Kier molecular flexibility index (Phi) is 7.19. The van der Waals surface area contributed by atoms with E-state index in [4.69, 9.17) is 0 Å². The van der Waals surface area contributed by atoms with Crippen molar-refractivity contribution in [2.75, 3.05) is 11.9 Å². The number of rotatable bonds is 7. The van der Waals surface area contributed by atoms with Gasteiger partial charge in [0, 0.05) is 38.1 Å². The number of para-hydroxylation sites is 1. The van der Waals surface area contributed by atoms with Crippen molar-refractivity contribution in [1.82, 2.24) is 14.9 Å². The minimum atomic E-state index is -4.89. The summed E-state index contributed by atoms with van der Waals surface area (Å²) in [5, 5.41) is 16.5. The second kappa shape index (κ2) is 9.86. The molecule has 1 aromatic heterocycles. The molecule has 0 fully saturated rings. The van der Waals surface area contributed by atoms with Crippen LogP contribution in [0.15, 0.2) is 72.0 Å². The van der Waals surface area contributed by atoms with E-state index in [-0.39, 0.29) is 6.54 Å². The third-order valence-electron chi connectivity index (χ3n) is 5.02. The number of guanidine groups is 1. The van der Waals surface area contributed by atoms with Gasteiger partial charge in [-0.2, -0.15) is 13.2 Å². The summed E-state index contributed by atoms with van der Waals surface area (Å²) in [6.45, 7) is 2.14. The average Bonchev–Trinajstić information content (AvgIpc) is 3.19. The van der Waals surface area contributed by atoms with Gasteiger partial charge < -0.3 is 20.3 Å². The maximum Gasteiger partial charge on any atom is 0.424 e. The van der Waals surface area contributed by atoms with Gasteiger partial charge in [0.2, 0.25) is 5.60 Å². The van der Waals surface area contributed by atoms with Crippen LogP contribution in [0.25, 0.3) is 0 Å². The van der Waals surface area contributed by atoms with Crippen LogP contribution in [0.3, 0.4) is 0 Å². The number of nitrogens with one attached hydrogen (secondary N) is 2. The number of benzene rings is 2. The van der Waals surface area contributed by atoms with Gasteiger partial charge in [-0.3, -0.25) is 0 Å². The van der Waals surface area contributed by atoms with E-state index in [1.165, 1.54) is 24.0 Å². The van der Waals surface area contributed by atoms with E-state index in [2.05, 4.69) is 20.6 Å². The fraction of sp³-hybridized carbons (Fsp3) is 0.304. The molecule has 3 N–H and O–H groups in total. The third kappa shape index (κ3) is 5.67. The summed E-state index contributed by atoms with van der Waals surface area (Å²) in [5.74, 6) is -0.151. The van der Waals surface area contributed by atoms with Crippen LogP contribution in [-0.2, 0) is 19.2 Å². The Morgan fingerprint density at radius 1 is 1.09 bits per heavy atom. The molecule has 1 heterocycles. The summed E-state index contributed by atoms with van der Waals surface area (Å²) in [7, 11) is 1.41. The Balaban J connectivity index is 1.75. The number of hydrogen-bond acceptors (Lipinski definition) is 3. The number of aryl methyl sites for hydroxylation is 2. The van der Waals surface area contributed by atoms with Gasteiger partial charge in [0.05, 0.1) is 6.54 Å². The molecule has 0 amide bonds. The predicted molar refractivity (Wildman–Crippen MR) is 118 cm³/mol. The van der Waals surface area contributed by atoms with Crippen molar-refractivity contribution >= 4 is 11.6 Å². The molecule has 9 heteroatoms. The van der Waals surface area contributed by atoms with Gasteiger partial charge in [0.25, 0.3) is 0 Å². The lowest BCUT2D eigenvalue weighted by molar-refractivity contribution is -0.272. The van der Waals surface area contributed by atoms with E-state index in [0.29, 0.717) is 12.5 Å². The first-order valence-electron chi connectivity index (χ1n) is 10.1. The SMILES string of the molecule is Cc1ccc(CN=C(NCCC(O)(c2nccn2C)C(F)(F)F)Nc2ccccc2)cc1. The van der Waals surface area contributed by atoms with Gasteiger partial charge >= 0.3 is 6.18 Å². The van der Waals surface area contributed by atoms with Crippen molar-refractivity contribution < 1.29 is 18.3 Å². The first-order chi connectivity index (χ1) is 15.2. The molecule has 0 bridgehead atoms. The Bertz CT molecular complexity index is 1030. The maximum atomic E-state index is 13.7. The van der Waals surface area contributed by atoms with Crippen molar-refractivity contribution in [1.29, 1.82) is 0 Å². The molecular formula is C23H26F3N5O. The molecule has 32 heavy (non-hydrogen) atoms. The van der Waals surface area contributed by atoms with Crippen LogP contribution >= 0.6 is 0 Å². The average molecular weight is 445 g/mol. The number of aliphatic imine (C=N–C) groups is 1. The molecule has 1 atom stereocenters. The minimum Gasteiger partial charge on any atom is -0.374 e. The van der Waals surface area contributed by atoms with Crippen molar-refractivity contribution in [3.63, 3.8) is 0 Å². The molecule has 3 rings (SSSR count). The highest BCUT2D eigenvalue weighted by Crippen LogP contribution is 2.40. The highest BCUT2D eigenvalue weighted by Gasteiger charge is 2.57. The molecule has 1 unspecified atom stereocenters. The second-order valence-corrected chi connectivity index (χ2v) is 7.54. The van der Waals surface area contributed by atoms with E-state index < -0.39 is 24.0 Å². The quantitative estimate of drug-likeness (QED) is 0.378. The predicted octanol–water partition coefficient (Wildman–Crippen LogP) is 4.13. The van der Waals surface area contributed by atoms with Crippen LogP contribution in [0.1, 0.15) is 23.4 Å². The van der Waals surface area contributed by atoms with Gasteiger partial charge in [-0.15, -0.1) is 0 Å². The molecule has 0 saturated heterocycles. The molecule has 0 radical (unpaired) electrons. The number of hydrogen-bond donors (Lipinski definition) is 3. The number of imidazole rings is 1. The summed E-state index contributed by atoms with van der Waals surface area (Å²) < 4.78 is 42.4. The van der Waals surface area contributed by atoms with Crippen LogP contribution in [-0.4, -0.2) is 33.3 Å². The number of aliphatic hydroxyl groups is 1. The van der Waals surface area contributed by atoms with Gasteiger partial charge in [0.15, 0.2) is 5.96 Å². The van der Waals surface area contributed by atoms with Crippen molar-refractivity contribution in [3.05, 3.63) is 83.9 Å². The summed E-state index contributed by atoms with van der Waals surface area (Å²) in [6.07, 6.45) is -2.93.